The summed E-state index contributed by atoms with van der Waals surface area (Å²) in [4.78, 5) is 24.5. The third-order valence-corrected chi connectivity index (χ3v) is 3.77. The second kappa shape index (κ2) is 7.64. The van der Waals surface area contributed by atoms with Crippen LogP contribution in [0.1, 0.15) is 34.5 Å². The predicted octanol–water partition coefficient (Wildman–Crippen LogP) is 3.07. The van der Waals surface area contributed by atoms with Crippen LogP contribution >= 0.6 is 0 Å². The number of hydrogen-bond acceptors (Lipinski definition) is 4. The summed E-state index contributed by atoms with van der Waals surface area (Å²) in [6.07, 6.45) is 0. The van der Waals surface area contributed by atoms with Gasteiger partial charge in [-0.2, -0.15) is 0 Å². The zero-order valence-electron chi connectivity index (χ0n) is 14.3. The number of aryl methyl sites for hydroxylation is 1. The molecule has 0 heterocycles. The van der Waals surface area contributed by atoms with Gasteiger partial charge in [-0.3, -0.25) is 9.59 Å². The van der Waals surface area contributed by atoms with Gasteiger partial charge in [0.05, 0.1) is 20.3 Å². The zero-order valence-corrected chi connectivity index (χ0v) is 14.3. The molecular formula is C19H21NO4. The number of carbonyl (C=O) groups excluding carboxylic acids is 2. The van der Waals surface area contributed by atoms with E-state index in [2.05, 4.69) is 5.32 Å². The van der Waals surface area contributed by atoms with Crippen LogP contribution in [0, 0.1) is 6.92 Å². The van der Waals surface area contributed by atoms with Crippen LogP contribution in [0.15, 0.2) is 42.5 Å². The Kier molecular flexibility index (Phi) is 5.58. The summed E-state index contributed by atoms with van der Waals surface area (Å²) in [5.41, 5.74) is 2.13. The number of rotatable bonds is 6. The predicted molar refractivity (Wildman–Crippen MR) is 91.6 cm³/mol. The van der Waals surface area contributed by atoms with Crippen LogP contribution in [0.5, 0.6) is 11.5 Å². The van der Waals surface area contributed by atoms with Crippen LogP contribution in [0.3, 0.4) is 0 Å². The summed E-state index contributed by atoms with van der Waals surface area (Å²) in [5, 5.41) is 2.71. The highest BCUT2D eigenvalue weighted by Gasteiger charge is 2.21. The van der Waals surface area contributed by atoms with Crippen LogP contribution < -0.4 is 14.8 Å². The number of Topliss-reactive ketones (excluding diaryl/α,β-unsaturated/α-hetero) is 1. The minimum absolute atomic E-state index is 0.364. The van der Waals surface area contributed by atoms with E-state index in [0.29, 0.717) is 17.1 Å². The Bertz CT molecular complexity index is 738. The fraction of sp³-hybridized carbons (Fsp3) is 0.263. The summed E-state index contributed by atoms with van der Waals surface area (Å²) in [6.45, 7) is 3.71. The normalized spacial score (nSPS) is 11.5. The van der Waals surface area contributed by atoms with E-state index in [1.165, 1.54) is 0 Å². The maximum Gasteiger partial charge on any atom is 0.292 e. The van der Waals surface area contributed by atoms with E-state index in [0.717, 1.165) is 11.1 Å². The monoisotopic (exact) mass is 327 g/mol. The quantitative estimate of drug-likeness (QED) is 0.654. The molecule has 0 aliphatic carbocycles. The molecule has 5 nitrogen and oxygen atoms in total. The zero-order chi connectivity index (χ0) is 17.7. The third kappa shape index (κ3) is 3.93. The third-order valence-electron chi connectivity index (χ3n) is 3.77. The molecule has 0 aromatic heterocycles. The Labute approximate surface area is 141 Å². The van der Waals surface area contributed by atoms with E-state index < -0.39 is 17.7 Å². The molecule has 0 saturated carbocycles. The van der Waals surface area contributed by atoms with E-state index in [1.54, 1.807) is 63.6 Å². The van der Waals surface area contributed by atoms with E-state index in [4.69, 9.17) is 9.47 Å². The van der Waals surface area contributed by atoms with Crippen LogP contribution in [-0.4, -0.2) is 25.9 Å². The molecule has 2 aromatic carbocycles. The van der Waals surface area contributed by atoms with Crippen molar-refractivity contribution in [1.29, 1.82) is 0 Å². The second-order valence-electron chi connectivity index (χ2n) is 5.50. The Morgan fingerprint density at radius 3 is 2.25 bits per heavy atom. The number of nitrogens with one attached hydrogen (secondary N) is 1. The molecule has 2 rings (SSSR count). The fourth-order valence-corrected chi connectivity index (χ4v) is 2.35. The van der Waals surface area contributed by atoms with Crippen LogP contribution in [0.4, 0.5) is 0 Å². The van der Waals surface area contributed by atoms with Gasteiger partial charge in [0.15, 0.2) is 0 Å². The molecule has 1 unspecified atom stereocenters. The molecule has 0 saturated heterocycles. The largest absolute Gasteiger partial charge is 0.497 e. The first-order valence-electron chi connectivity index (χ1n) is 7.60. The molecule has 2 aromatic rings. The fourth-order valence-electron chi connectivity index (χ4n) is 2.35. The van der Waals surface area contributed by atoms with Crippen molar-refractivity contribution < 1.29 is 19.1 Å². The molecule has 24 heavy (non-hydrogen) atoms. The van der Waals surface area contributed by atoms with Crippen molar-refractivity contribution in [3.8, 4) is 11.5 Å². The summed E-state index contributed by atoms with van der Waals surface area (Å²) >= 11 is 0. The standard InChI is InChI=1S/C19H21NO4/c1-12-5-7-14(8-6-12)18(21)19(22)20-13(2)16-11-15(23-3)9-10-17(16)24-4/h5-11,13H,1-4H3,(H,20,22). The van der Waals surface area contributed by atoms with Gasteiger partial charge in [0.2, 0.25) is 5.78 Å². The number of carbonyl (C=O) groups is 2. The minimum Gasteiger partial charge on any atom is -0.497 e. The highest BCUT2D eigenvalue weighted by atomic mass is 16.5. The van der Waals surface area contributed by atoms with Crippen molar-refractivity contribution >= 4 is 11.7 Å². The smallest absolute Gasteiger partial charge is 0.292 e. The molecule has 1 N–H and O–H groups in total. The van der Waals surface area contributed by atoms with Crippen molar-refractivity contribution in [2.24, 2.45) is 0 Å². The van der Waals surface area contributed by atoms with Gasteiger partial charge in [0, 0.05) is 11.1 Å². The van der Waals surface area contributed by atoms with E-state index >= 15 is 0 Å². The number of methoxy groups -OCH3 is 2. The highest BCUT2D eigenvalue weighted by Crippen LogP contribution is 2.29. The maximum atomic E-state index is 12.2. The van der Waals surface area contributed by atoms with Crippen LogP contribution in [0.2, 0.25) is 0 Å². The molecule has 0 fully saturated rings. The molecule has 1 amide bonds. The van der Waals surface area contributed by atoms with Gasteiger partial charge in [-0.15, -0.1) is 0 Å². The van der Waals surface area contributed by atoms with Crippen molar-refractivity contribution in [3.63, 3.8) is 0 Å². The van der Waals surface area contributed by atoms with Crippen LogP contribution in [-0.2, 0) is 4.79 Å². The van der Waals surface area contributed by atoms with Crippen LogP contribution in [0.25, 0.3) is 0 Å². The Balaban J connectivity index is 2.16. The van der Waals surface area contributed by atoms with Gasteiger partial charge in [0.25, 0.3) is 5.91 Å². The molecule has 0 radical (unpaired) electrons. The number of ether oxygens (including phenoxy) is 2. The number of ketones is 1. The van der Waals surface area contributed by atoms with Crippen molar-refractivity contribution in [2.45, 2.75) is 19.9 Å². The maximum absolute atomic E-state index is 12.2. The first-order valence-corrected chi connectivity index (χ1v) is 7.60. The molecule has 126 valence electrons. The van der Waals surface area contributed by atoms with Gasteiger partial charge in [-0.25, -0.2) is 0 Å². The SMILES string of the molecule is COc1ccc(OC)c(C(C)NC(=O)C(=O)c2ccc(C)cc2)c1. The van der Waals surface area contributed by atoms with Crippen molar-refractivity contribution in [1.82, 2.24) is 5.32 Å². The molecule has 0 bridgehead atoms. The molecular weight excluding hydrogens is 306 g/mol. The van der Waals surface area contributed by atoms with Crippen molar-refractivity contribution in [3.05, 3.63) is 59.2 Å². The second-order valence-corrected chi connectivity index (χ2v) is 5.50. The molecule has 0 aliphatic rings. The molecule has 0 spiro atoms. The van der Waals surface area contributed by atoms with Crippen molar-refractivity contribution in [2.75, 3.05) is 14.2 Å². The Morgan fingerprint density at radius 1 is 1.00 bits per heavy atom. The average molecular weight is 327 g/mol. The molecule has 0 aliphatic heterocycles. The molecule has 5 heteroatoms. The van der Waals surface area contributed by atoms with Gasteiger partial charge < -0.3 is 14.8 Å². The summed E-state index contributed by atoms with van der Waals surface area (Å²) in [5.74, 6) is 0.0445. The Morgan fingerprint density at radius 2 is 1.67 bits per heavy atom. The summed E-state index contributed by atoms with van der Waals surface area (Å²) in [7, 11) is 3.12. The van der Waals surface area contributed by atoms with E-state index in [1.807, 2.05) is 6.92 Å². The lowest BCUT2D eigenvalue weighted by Crippen LogP contribution is -2.33. The van der Waals surface area contributed by atoms with Gasteiger partial charge >= 0.3 is 0 Å². The Hall–Kier alpha value is -2.82. The number of amides is 1. The minimum atomic E-state index is -0.656. The van der Waals surface area contributed by atoms with Gasteiger partial charge in [-0.1, -0.05) is 29.8 Å². The summed E-state index contributed by atoms with van der Waals surface area (Å²) in [6, 6.07) is 11.8. The topological polar surface area (TPSA) is 64.6 Å². The molecule has 1 atom stereocenters. The number of hydrogen-bond donors (Lipinski definition) is 1. The van der Waals surface area contributed by atoms with E-state index in [9.17, 15) is 9.59 Å². The first-order chi connectivity index (χ1) is 11.5. The highest BCUT2D eigenvalue weighted by molar-refractivity contribution is 6.42. The van der Waals surface area contributed by atoms with Gasteiger partial charge in [-0.05, 0) is 32.0 Å². The lowest BCUT2D eigenvalue weighted by molar-refractivity contribution is -0.117. The first kappa shape index (κ1) is 17.5. The average Bonchev–Trinajstić information content (AvgIpc) is 2.60. The lowest BCUT2D eigenvalue weighted by atomic mass is 10.0. The van der Waals surface area contributed by atoms with Gasteiger partial charge in [0.1, 0.15) is 11.5 Å². The lowest BCUT2D eigenvalue weighted by Gasteiger charge is -2.18. The summed E-state index contributed by atoms with van der Waals surface area (Å²) < 4.78 is 10.5. The number of benzene rings is 2. The van der Waals surface area contributed by atoms with E-state index in [-0.39, 0.29) is 0 Å².